The predicted molar refractivity (Wildman–Crippen MR) is 64.5 cm³/mol. The number of aryl methyl sites for hydroxylation is 1. The molecule has 0 N–H and O–H groups in total. The Hall–Kier alpha value is -1.16. The van der Waals surface area contributed by atoms with Gasteiger partial charge in [-0.3, -0.25) is 0 Å². The molecule has 0 fully saturated rings. The van der Waals surface area contributed by atoms with Gasteiger partial charge in [0.1, 0.15) is 11.3 Å². The van der Waals surface area contributed by atoms with Crippen LogP contribution in [0.15, 0.2) is 6.33 Å². The zero-order valence-corrected chi connectivity index (χ0v) is 10.7. The third-order valence-corrected chi connectivity index (χ3v) is 2.45. The van der Waals surface area contributed by atoms with Gasteiger partial charge in [-0.05, 0) is 12.3 Å². The second-order valence-electron chi connectivity index (χ2n) is 5.17. The summed E-state index contributed by atoms with van der Waals surface area (Å²) < 4.78 is 2.01. The Morgan fingerprint density at radius 1 is 1.31 bits per heavy atom. The van der Waals surface area contributed by atoms with E-state index >= 15 is 0 Å². The van der Waals surface area contributed by atoms with Crippen molar-refractivity contribution in [2.24, 2.45) is 5.41 Å². The summed E-state index contributed by atoms with van der Waals surface area (Å²) in [7, 11) is 0. The van der Waals surface area contributed by atoms with Gasteiger partial charge in [0.2, 0.25) is 0 Å². The second-order valence-corrected chi connectivity index (χ2v) is 5.52. The SMILES string of the molecule is Cc1nc(Cl)c2c(ncn2CC(C)(C)C)n1. The highest BCUT2D eigenvalue weighted by Gasteiger charge is 2.16. The first-order valence-electron chi connectivity index (χ1n) is 5.22. The van der Waals surface area contributed by atoms with Crippen LogP contribution in [0.25, 0.3) is 11.2 Å². The van der Waals surface area contributed by atoms with Crippen LogP contribution in [0, 0.1) is 12.3 Å². The molecule has 0 bridgehead atoms. The van der Waals surface area contributed by atoms with E-state index in [1.165, 1.54) is 0 Å². The van der Waals surface area contributed by atoms with Gasteiger partial charge in [-0.15, -0.1) is 0 Å². The fraction of sp³-hybridized carbons (Fsp3) is 0.545. The minimum Gasteiger partial charge on any atom is -0.326 e. The number of hydrogen-bond donors (Lipinski definition) is 0. The molecule has 0 atom stereocenters. The fourth-order valence-electron chi connectivity index (χ4n) is 1.67. The highest BCUT2D eigenvalue weighted by atomic mass is 35.5. The maximum Gasteiger partial charge on any atom is 0.182 e. The summed E-state index contributed by atoms with van der Waals surface area (Å²) in [6.45, 7) is 9.16. The van der Waals surface area contributed by atoms with Crippen molar-refractivity contribution in [1.82, 2.24) is 19.5 Å². The molecular weight excluding hydrogens is 224 g/mol. The Morgan fingerprint density at radius 2 is 2.00 bits per heavy atom. The Labute approximate surface area is 99.7 Å². The molecule has 0 aliphatic rings. The number of imidazole rings is 1. The largest absolute Gasteiger partial charge is 0.326 e. The van der Waals surface area contributed by atoms with Crippen LogP contribution in [0.4, 0.5) is 0 Å². The number of hydrogen-bond acceptors (Lipinski definition) is 3. The molecule has 0 saturated heterocycles. The smallest absolute Gasteiger partial charge is 0.182 e. The lowest BCUT2D eigenvalue weighted by Gasteiger charge is -2.19. The molecule has 0 aliphatic heterocycles. The van der Waals surface area contributed by atoms with Gasteiger partial charge in [-0.1, -0.05) is 32.4 Å². The Balaban J connectivity index is 2.56. The molecule has 2 aromatic heterocycles. The molecule has 0 aromatic carbocycles. The standard InChI is InChI=1S/C11H15ClN4/c1-7-14-9(12)8-10(15-7)13-6-16(8)5-11(2,3)4/h6H,5H2,1-4H3. The van der Waals surface area contributed by atoms with Crippen molar-refractivity contribution in [1.29, 1.82) is 0 Å². The van der Waals surface area contributed by atoms with Gasteiger partial charge in [-0.25, -0.2) is 15.0 Å². The van der Waals surface area contributed by atoms with E-state index in [1.54, 1.807) is 6.33 Å². The summed E-state index contributed by atoms with van der Waals surface area (Å²) in [5, 5.41) is 0.476. The van der Waals surface area contributed by atoms with Crippen LogP contribution in [-0.4, -0.2) is 19.5 Å². The predicted octanol–water partition coefficient (Wildman–Crippen LogP) is 2.83. The van der Waals surface area contributed by atoms with Crippen LogP contribution in [0.1, 0.15) is 26.6 Å². The molecule has 86 valence electrons. The monoisotopic (exact) mass is 238 g/mol. The van der Waals surface area contributed by atoms with E-state index in [4.69, 9.17) is 11.6 Å². The molecule has 2 heterocycles. The molecule has 2 rings (SSSR count). The maximum absolute atomic E-state index is 6.13. The lowest BCUT2D eigenvalue weighted by Crippen LogP contribution is -2.15. The van der Waals surface area contributed by atoms with Crippen LogP contribution in [0.2, 0.25) is 5.15 Å². The highest BCUT2D eigenvalue weighted by molar-refractivity contribution is 6.33. The van der Waals surface area contributed by atoms with E-state index in [0.717, 1.165) is 12.1 Å². The fourth-order valence-corrected chi connectivity index (χ4v) is 1.98. The first-order chi connectivity index (χ1) is 7.37. The number of halogens is 1. The quantitative estimate of drug-likeness (QED) is 0.718. The van der Waals surface area contributed by atoms with Gasteiger partial charge in [-0.2, -0.15) is 0 Å². The van der Waals surface area contributed by atoms with Gasteiger partial charge < -0.3 is 4.57 Å². The summed E-state index contributed by atoms with van der Waals surface area (Å²) in [5.74, 6) is 0.651. The minimum atomic E-state index is 0.168. The molecular formula is C11H15ClN4. The summed E-state index contributed by atoms with van der Waals surface area (Å²) in [6.07, 6.45) is 1.77. The lowest BCUT2D eigenvalue weighted by atomic mass is 9.97. The minimum absolute atomic E-state index is 0.168. The van der Waals surface area contributed by atoms with Crippen LogP contribution in [0.5, 0.6) is 0 Å². The number of rotatable bonds is 1. The first-order valence-corrected chi connectivity index (χ1v) is 5.59. The molecule has 0 radical (unpaired) electrons. The van der Waals surface area contributed by atoms with E-state index < -0.39 is 0 Å². The van der Waals surface area contributed by atoms with Crippen molar-refractivity contribution in [2.75, 3.05) is 0 Å². The van der Waals surface area contributed by atoms with Crippen molar-refractivity contribution in [2.45, 2.75) is 34.2 Å². The molecule has 0 amide bonds. The Bertz CT molecular complexity index is 524. The van der Waals surface area contributed by atoms with Crippen LogP contribution >= 0.6 is 11.6 Å². The van der Waals surface area contributed by atoms with Gasteiger partial charge in [0.05, 0.1) is 6.33 Å². The number of aromatic nitrogens is 4. The average Bonchev–Trinajstić information content (AvgIpc) is 2.44. The van der Waals surface area contributed by atoms with Gasteiger partial charge in [0.15, 0.2) is 10.8 Å². The van der Waals surface area contributed by atoms with E-state index in [-0.39, 0.29) is 5.41 Å². The summed E-state index contributed by atoms with van der Waals surface area (Å²) >= 11 is 6.13. The van der Waals surface area contributed by atoms with Crippen molar-refractivity contribution >= 4 is 22.8 Å². The molecule has 0 saturated carbocycles. The highest BCUT2D eigenvalue weighted by Crippen LogP contribution is 2.23. The van der Waals surface area contributed by atoms with E-state index in [1.807, 2.05) is 11.5 Å². The van der Waals surface area contributed by atoms with Crippen LogP contribution in [-0.2, 0) is 6.54 Å². The van der Waals surface area contributed by atoms with Crippen molar-refractivity contribution in [3.8, 4) is 0 Å². The molecule has 2 aromatic rings. The average molecular weight is 239 g/mol. The van der Waals surface area contributed by atoms with Gasteiger partial charge in [0.25, 0.3) is 0 Å². The molecule has 5 heteroatoms. The summed E-state index contributed by atoms with van der Waals surface area (Å²) in [6, 6.07) is 0. The van der Waals surface area contributed by atoms with E-state index in [2.05, 4.69) is 35.7 Å². The van der Waals surface area contributed by atoms with Crippen molar-refractivity contribution in [3.63, 3.8) is 0 Å². The summed E-state index contributed by atoms with van der Waals surface area (Å²) in [5.41, 5.74) is 1.66. The first kappa shape index (κ1) is 11.3. The molecule has 0 aliphatic carbocycles. The number of nitrogens with zero attached hydrogens (tertiary/aromatic N) is 4. The van der Waals surface area contributed by atoms with Crippen LogP contribution < -0.4 is 0 Å². The van der Waals surface area contributed by atoms with Crippen LogP contribution in [0.3, 0.4) is 0 Å². The van der Waals surface area contributed by atoms with E-state index in [0.29, 0.717) is 16.6 Å². The van der Waals surface area contributed by atoms with Crippen molar-refractivity contribution < 1.29 is 0 Å². The second kappa shape index (κ2) is 3.70. The Morgan fingerprint density at radius 3 is 2.62 bits per heavy atom. The molecule has 0 unspecified atom stereocenters. The zero-order chi connectivity index (χ0) is 11.9. The topological polar surface area (TPSA) is 43.6 Å². The van der Waals surface area contributed by atoms with E-state index in [9.17, 15) is 0 Å². The third kappa shape index (κ3) is 2.16. The molecule has 0 spiro atoms. The van der Waals surface area contributed by atoms with Crippen molar-refractivity contribution in [3.05, 3.63) is 17.3 Å². The molecule has 4 nitrogen and oxygen atoms in total. The molecule has 16 heavy (non-hydrogen) atoms. The lowest BCUT2D eigenvalue weighted by molar-refractivity contribution is 0.348. The van der Waals surface area contributed by atoms with Gasteiger partial charge in [0, 0.05) is 6.54 Å². The van der Waals surface area contributed by atoms with Gasteiger partial charge >= 0.3 is 0 Å². The summed E-state index contributed by atoms with van der Waals surface area (Å²) in [4.78, 5) is 12.7. The Kier molecular flexibility index (Phi) is 2.62. The zero-order valence-electron chi connectivity index (χ0n) is 9.95. The third-order valence-electron chi connectivity index (χ3n) is 2.19. The number of fused-ring (bicyclic) bond motifs is 1. The normalized spacial score (nSPS) is 12.3. The maximum atomic E-state index is 6.13.